The zero-order chi connectivity index (χ0) is 11.5. The topological polar surface area (TPSA) is 75.8 Å². The van der Waals surface area contributed by atoms with Crippen molar-refractivity contribution in [2.45, 2.75) is 0 Å². The summed E-state index contributed by atoms with van der Waals surface area (Å²) in [6.07, 6.45) is 0. The van der Waals surface area contributed by atoms with Crippen molar-refractivity contribution in [1.29, 1.82) is 5.26 Å². The largest absolute Gasteiger partial charge is 0.399 e. The monoisotopic (exact) mass is 209 g/mol. The van der Waals surface area contributed by atoms with E-state index in [1.807, 2.05) is 36.4 Å². The van der Waals surface area contributed by atoms with Crippen LogP contribution < -0.4 is 11.5 Å². The van der Waals surface area contributed by atoms with Crippen LogP contribution in [-0.4, -0.2) is 0 Å². The number of nitrogens with zero attached hydrogens (tertiary/aromatic N) is 1. The van der Waals surface area contributed by atoms with E-state index in [1.165, 1.54) is 0 Å². The first kappa shape index (κ1) is 10.1. The number of para-hydroxylation sites is 1. The van der Waals surface area contributed by atoms with Gasteiger partial charge in [0.15, 0.2) is 0 Å². The standard InChI is InChI=1S/C13H11N3/c14-8-10-2-1-3-12(13(10)16)9-4-6-11(15)7-5-9/h1-7H,15-16H2. The molecule has 0 aliphatic carbocycles. The molecule has 3 nitrogen and oxygen atoms in total. The number of anilines is 2. The Hall–Kier alpha value is -2.47. The van der Waals surface area contributed by atoms with E-state index >= 15 is 0 Å². The molecule has 0 aliphatic rings. The lowest BCUT2D eigenvalue weighted by atomic mass is 10.0. The zero-order valence-electron chi connectivity index (χ0n) is 8.64. The van der Waals surface area contributed by atoms with Crippen molar-refractivity contribution in [3.05, 3.63) is 48.0 Å². The maximum absolute atomic E-state index is 8.88. The summed E-state index contributed by atoms with van der Waals surface area (Å²) in [5.41, 5.74) is 15.1. The lowest BCUT2D eigenvalue weighted by Crippen LogP contribution is -1.94. The Kier molecular flexibility index (Phi) is 2.49. The van der Waals surface area contributed by atoms with Gasteiger partial charge in [-0.3, -0.25) is 0 Å². The molecule has 0 fully saturated rings. The van der Waals surface area contributed by atoms with Gasteiger partial charge in [0, 0.05) is 11.3 Å². The molecule has 78 valence electrons. The van der Waals surface area contributed by atoms with E-state index in [1.54, 1.807) is 6.07 Å². The van der Waals surface area contributed by atoms with Crippen LogP contribution in [0.5, 0.6) is 0 Å². The van der Waals surface area contributed by atoms with Gasteiger partial charge >= 0.3 is 0 Å². The Morgan fingerprint density at radius 1 is 0.938 bits per heavy atom. The molecule has 0 saturated heterocycles. The average Bonchev–Trinajstić information content (AvgIpc) is 2.31. The third-order valence-electron chi connectivity index (χ3n) is 2.45. The quantitative estimate of drug-likeness (QED) is 0.708. The second kappa shape index (κ2) is 3.95. The summed E-state index contributed by atoms with van der Waals surface area (Å²) in [6, 6.07) is 14.9. The van der Waals surface area contributed by atoms with Crippen LogP contribution in [0.25, 0.3) is 11.1 Å². The van der Waals surface area contributed by atoms with E-state index in [9.17, 15) is 0 Å². The van der Waals surface area contributed by atoms with Gasteiger partial charge in [-0.25, -0.2) is 0 Å². The number of rotatable bonds is 1. The van der Waals surface area contributed by atoms with Crippen LogP contribution in [0.15, 0.2) is 42.5 Å². The van der Waals surface area contributed by atoms with Crippen molar-refractivity contribution in [1.82, 2.24) is 0 Å². The van der Waals surface area contributed by atoms with Crippen molar-refractivity contribution in [2.75, 3.05) is 11.5 Å². The number of hydrogen-bond acceptors (Lipinski definition) is 3. The van der Waals surface area contributed by atoms with E-state index in [-0.39, 0.29) is 0 Å². The molecule has 0 aliphatic heterocycles. The van der Waals surface area contributed by atoms with Gasteiger partial charge in [0.2, 0.25) is 0 Å². The number of hydrogen-bond donors (Lipinski definition) is 2. The van der Waals surface area contributed by atoms with Crippen LogP contribution in [0.1, 0.15) is 5.56 Å². The Bertz CT molecular complexity index is 550. The predicted molar refractivity (Wildman–Crippen MR) is 65.4 cm³/mol. The minimum absolute atomic E-state index is 0.495. The van der Waals surface area contributed by atoms with Gasteiger partial charge in [0.25, 0.3) is 0 Å². The number of nitriles is 1. The Labute approximate surface area is 93.9 Å². The molecule has 0 unspecified atom stereocenters. The van der Waals surface area contributed by atoms with Crippen molar-refractivity contribution in [3.63, 3.8) is 0 Å². The zero-order valence-corrected chi connectivity index (χ0v) is 8.64. The number of benzene rings is 2. The first-order valence-corrected chi connectivity index (χ1v) is 4.87. The van der Waals surface area contributed by atoms with Crippen LogP contribution in [0.4, 0.5) is 11.4 Å². The van der Waals surface area contributed by atoms with Gasteiger partial charge in [0.05, 0.1) is 11.3 Å². The molecule has 0 atom stereocenters. The molecule has 0 saturated carbocycles. The molecule has 16 heavy (non-hydrogen) atoms. The highest BCUT2D eigenvalue weighted by Crippen LogP contribution is 2.28. The van der Waals surface area contributed by atoms with Crippen molar-refractivity contribution in [3.8, 4) is 17.2 Å². The second-order valence-corrected chi connectivity index (χ2v) is 3.50. The molecular formula is C13H11N3. The fourth-order valence-corrected chi connectivity index (χ4v) is 1.58. The van der Waals surface area contributed by atoms with Crippen LogP contribution in [-0.2, 0) is 0 Å². The molecule has 0 bridgehead atoms. The highest BCUT2D eigenvalue weighted by molar-refractivity contribution is 5.80. The van der Waals surface area contributed by atoms with Crippen LogP contribution in [0.3, 0.4) is 0 Å². The van der Waals surface area contributed by atoms with Gasteiger partial charge < -0.3 is 11.5 Å². The summed E-state index contributed by atoms with van der Waals surface area (Å²) in [5, 5.41) is 8.88. The molecule has 3 heteroatoms. The summed E-state index contributed by atoms with van der Waals surface area (Å²) in [4.78, 5) is 0. The van der Waals surface area contributed by atoms with Gasteiger partial charge in [-0.2, -0.15) is 5.26 Å². The predicted octanol–water partition coefficient (Wildman–Crippen LogP) is 2.39. The molecule has 0 heterocycles. The lowest BCUT2D eigenvalue weighted by Gasteiger charge is -2.07. The Morgan fingerprint density at radius 3 is 2.25 bits per heavy atom. The van der Waals surface area contributed by atoms with Gasteiger partial charge in [-0.05, 0) is 23.8 Å². The average molecular weight is 209 g/mol. The fourth-order valence-electron chi connectivity index (χ4n) is 1.58. The first-order chi connectivity index (χ1) is 7.72. The Balaban J connectivity index is 2.57. The van der Waals surface area contributed by atoms with Crippen molar-refractivity contribution >= 4 is 11.4 Å². The highest BCUT2D eigenvalue weighted by atomic mass is 14.6. The SMILES string of the molecule is N#Cc1cccc(-c2ccc(N)cc2)c1N. The molecular weight excluding hydrogens is 198 g/mol. The van der Waals surface area contributed by atoms with Crippen LogP contribution in [0.2, 0.25) is 0 Å². The van der Waals surface area contributed by atoms with E-state index in [0.717, 1.165) is 11.1 Å². The number of nitrogens with two attached hydrogens (primary N) is 2. The molecule has 2 aromatic carbocycles. The van der Waals surface area contributed by atoms with Crippen molar-refractivity contribution < 1.29 is 0 Å². The highest BCUT2D eigenvalue weighted by Gasteiger charge is 2.05. The van der Waals surface area contributed by atoms with Gasteiger partial charge in [0.1, 0.15) is 6.07 Å². The lowest BCUT2D eigenvalue weighted by molar-refractivity contribution is 1.48. The smallest absolute Gasteiger partial charge is 0.101 e. The first-order valence-electron chi connectivity index (χ1n) is 4.87. The normalized spacial score (nSPS) is 9.69. The molecule has 2 rings (SSSR count). The molecule has 0 spiro atoms. The van der Waals surface area contributed by atoms with E-state index in [4.69, 9.17) is 16.7 Å². The molecule has 0 amide bonds. The molecule has 2 aromatic rings. The minimum Gasteiger partial charge on any atom is -0.399 e. The summed E-state index contributed by atoms with van der Waals surface area (Å²) in [7, 11) is 0. The van der Waals surface area contributed by atoms with Crippen LogP contribution >= 0.6 is 0 Å². The van der Waals surface area contributed by atoms with E-state index in [0.29, 0.717) is 16.9 Å². The second-order valence-electron chi connectivity index (χ2n) is 3.50. The van der Waals surface area contributed by atoms with Gasteiger partial charge in [-0.15, -0.1) is 0 Å². The van der Waals surface area contributed by atoms with Crippen molar-refractivity contribution in [2.24, 2.45) is 0 Å². The van der Waals surface area contributed by atoms with Gasteiger partial charge in [-0.1, -0.05) is 24.3 Å². The summed E-state index contributed by atoms with van der Waals surface area (Å²) in [6.45, 7) is 0. The summed E-state index contributed by atoms with van der Waals surface area (Å²) >= 11 is 0. The Morgan fingerprint density at radius 2 is 1.62 bits per heavy atom. The minimum atomic E-state index is 0.495. The third-order valence-corrected chi connectivity index (χ3v) is 2.45. The van der Waals surface area contributed by atoms with E-state index in [2.05, 4.69) is 6.07 Å². The summed E-state index contributed by atoms with van der Waals surface area (Å²) < 4.78 is 0. The maximum Gasteiger partial charge on any atom is 0.101 e. The van der Waals surface area contributed by atoms with Crippen LogP contribution in [0, 0.1) is 11.3 Å². The van der Waals surface area contributed by atoms with E-state index < -0.39 is 0 Å². The maximum atomic E-state index is 8.88. The third kappa shape index (κ3) is 1.69. The number of nitrogen functional groups attached to an aromatic ring is 2. The molecule has 4 N–H and O–H groups in total. The molecule has 0 radical (unpaired) electrons. The fraction of sp³-hybridized carbons (Fsp3) is 0. The summed E-state index contributed by atoms with van der Waals surface area (Å²) in [5.74, 6) is 0. The molecule has 0 aromatic heterocycles.